The van der Waals surface area contributed by atoms with Crippen LogP contribution in [0.5, 0.6) is 0 Å². The maximum atomic E-state index is 12.5. The Kier molecular flexibility index (Phi) is 4.18. The summed E-state index contributed by atoms with van der Waals surface area (Å²) in [6.07, 6.45) is 2.77. The Morgan fingerprint density at radius 1 is 1.41 bits per heavy atom. The number of likely N-dealkylation sites (tertiary alicyclic amines) is 1. The van der Waals surface area contributed by atoms with Crippen LogP contribution in [0, 0.1) is 10.8 Å². The summed E-state index contributed by atoms with van der Waals surface area (Å²) in [7, 11) is 0. The van der Waals surface area contributed by atoms with Gasteiger partial charge in [-0.1, -0.05) is 33.0 Å². The summed E-state index contributed by atoms with van der Waals surface area (Å²) in [5, 5.41) is 0. The van der Waals surface area contributed by atoms with Crippen LogP contribution in [0.2, 0.25) is 0 Å². The van der Waals surface area contributed by atoms with Crippen LogP contribution >= 0.6 is 12.2 Å². The Hall–Kier alpha value is -0.640. The molecule has 0 spiro atoms. The van der Waals surface area contributed by atoms with Gasteiger partial charge in [0.15, 0.2) is 0 Å². The van der Waals surface area contributed by atoms with E-state index in [9.17, 15) is 4.79 Å². The van der Waals surface area contributed by atoms with Crippen LogP contribution in [-0.4, -0.2) is 28.9 Å². The van der Waals surface area contributed by atoms with Crippen LogP contribution in [-0.2, 0) is 4.79 Å². The Labute approximate surface area is 110 Å². The molecule has 1 saturated heterocycles. The Bertz CT molecular complexity index is 317. The molecule has 0 aromatic rings. The molecule has 2 N–H and O–H groups in total. The maximum Gasteiger partial charge on any atom is 0.235 e. The molecular formula is C13H24N2OS. The van der Waals surface area contributed by atoms with Crippen molar-refractivity contribution in [2.75, 3.05) is 13.1 Å². The first-order chi connectivity index (χ1) is 7.73. The van der Waals surface area contributed by atoms with E-state index >= 15 is 0 Å². The molecule has 1 amide bonds. The highest BCUT2D eigenvalue weighted by molar-refractivity contribution is 7.80. The van der Waals surface area contributed by atoms with Crippen LogP contribution in [0.15, 0.2) is 0 Å². The molecule has 1 aliphatic rings. The number of hydrogen-bond acceptors (Lipinski definition) is 2. The molecule has 98 valence electrons. The van der Waals surface area contributed by atoms with Gasteiger partial charge in [-0.25, -0.2) is 0 Å². The van der Waals surface area contributed by atoms with Gasteiger partial charge in [-0.05, 0) is 31.6 Å². The topological polar surface area (TPSA) is 46.3 Å². The molecule has 0 radical (unpaired) electrons. The molecule has 0 aliphatic carbocycles. The summed E-state index contributed by atoms with van der Waals surface area (Å²) >= 11 is 5.05. The van der Waals surface area contributed by atoms with Crippen molar-refractivity contribution in [2.24, 2.45) is 16.6 Å². The largest absolute Gasteiger partial charge is 0.392 e. The Morgan fingerprint density at radius 2 is 1.88 bits per heavy atom. The average Bonchev–Trinajstić information content (AvgIpc) is 2.26. The normalized spacial score (nSPS) is 22.9. The zero-order valence-corrected chi connectivity index (χ0v) is 12.2. The van der Waals surface area contributed by atoms with Crippen molar-refractivity contribution in [1.29, 1.82) is 0 Å². The van der Waals surface area contributed by atoms with E-state index in [0.717, 1.165) is 25.9 Å². The lowest BCUT2D eigenvalue weighted by atomic mass is 9.80. The van der Waals surface area contributed by atoms with Crippen molar-refractivity contribution < 1.29 is 4.79 Å². The van der Waals surface area contributed by atoms with Crippen LogP contribution in [0.25, 0.3) is 0 Å². The van der Waals surface area contributed by atoms with Gasteiger partial charge in [0.2, 0.25) is 5.91 Å². The van der Waals surface area contributed by atoms with Crippen LogP contribution in [0.4, 0.5) is 0 Å². The minimum absolute atomic E-state index is 0.100. The molecule has 17 heavy (non-hydrogen) atoms. The SMILES string of the molecule is CCC(C)(C(=O)N1CCC(C)(C)CC1)C(N)=S. The van der Waals surface area contributed by atoms with Crippen molar-refractivity contribution in [1.82, 2.24) is 4.90 Å². The van der Waals surface area contributed by atoms with Crippen molar-refractivity contribution in [3.63, 3.8) is 0 Å². The molecule has 1 fully saturated rings. The van der Waals surface area contributed by atoms with E-state index < -0.39 is 5.41 Å². The molecule has 1 aliphatic heterocycles. The molecule has 0 bridgehead atoms. The first-order valence-corrected chi connectivity index (χ1v) is 6.73. The average molecular weight is 256 g/mol. The smallest absolute Gasteiger partial charge is 0.235 e. The Balaban J connectivity index is 2.75. The molecule has 0 aromatic carbocycles. The highest BCUT2D eigenvalue weighted by atomic mass is 32.1. The summed E-state index contributed by atoms with van der Waals surface area (Å²) < 4.78 is 0. The van der Waals surface area contributed by atoms with Gasteiger partial charge in [-0.3, -0.25) is 4.79 Å². The van der Waals surface area contributed by atoms with Crippen LogP contribution < -0.4 is 5.73 Å². The number of nitrogens with zero attached hydrogens (tertiary/aromatic N) is 1. The van der Waals surface area contributed by atoms with E-state index in [1.54, 1.807) is 0 Å². The highest BCUT2D eigenvalue weighted by Crippen LogP contribution is 2.33. The maximum absolute atomic E-state index is 12.5. The molecule has 0 aromatic heterocycles. The number of hydrogen-bond donors (Lipinski definition) is 1. The lowest BCUT2D eigenvalue weighted by molar-refractivity contribution is -0.139. The van der Waals surface area contributed by atoms with Crippen molar-refractivity contribution in [3.8, 4) is 0 Å². The molecule has 1 unspecified atom stereocenters. The van der Waals surface area contributed by atoms with E-state index in [1.807, 2.05) is 18.7 Å². The summed E-state index contributed by atoms with van der Waals surface area (Å²) in [5.74, 6) is 0.100. The third kappa shape index (κ3) is 2.97. The van der Waals surface area contributed by atoms with Crippen LogP contribution in [0.3, 0.4) is 0 Å². The molecule has 1 heterocycles. The zero-order chi connectivity index (χ0) is 13.3. The summed E-state index contributed by atoms with van der Waals surface area (Å²) in [5.41, 5.74) is 5.41. The van der Waals surface area contributed by atoms with E-state index in [-0.39, 0.29) is 5.91 Å². The van der Waals surface area contributed by atoms with Crippen LogP contribution in [0.1, 0.15) is 47.0 Å². The second-order valence-electron chi connectivity index (χ2n) is 6.01. The zero-order valence-electron chi connectivity index (χ0n) is 11.4. The lowest BCUT2D eigenvalue weighted by Crippen LogP contribution is -2.51. The van der Waals surface area contributed by atoms with Gasteiger partial charge < -0.3 is 10.6 Å². The van der Waals surface area contributed by atoms with E-state index in [1.165, 1.54) is 0 Å². The lowest BCUT2D eigenvalue weighted by Gasteiger charge is -2.40. The first-order valence-electron chi connectivity index (χ1n) is 6.32. The fraction of sp³-hybridized carbons (Fsp3) is 0.846. The number of piperidine rings is 1. The third-order valence-electron chi connectivity index (χ3n) is 4.13. The van der Waals surface area contributed by atoms with E-state index in [2.05, 4.69) is 13.8 Å². The van der Waals surface area contributed by atoms with E-state index in [4.69, 9.17) is 18.0 Å². The fourth-order valence-corrected chi connectivity index (χ4v) is 2.33. The highest BCUT2D eigenvalue weighted by Gasteiger charge is 2.39. The van der Waals surface area contributed by atoms with Crippen molar-refractivity contribution in [2.45, 2.75) is 47.0 Å². The number of rotatable bonds is 3. The van der Waals surface area contributed by atoms with E-state index in [0.29, 0.717) is 16.8 Å². The molecule has 4 heteroatoms. The summed E-state index contributed by atoms with van der Waals surface area (Å²) in [6.45, 7) is 9.97. The molecule has 0 saturated carbocycles. The van der Waals surface area contributed by atoms with Gasteiger partial charge in [-0.15, -0.1) is 0 Å². The molecule has 1 rings (SSSR count). The predicted molar refractivity (Wildman–Crippen MR) is 74.8 cm³/mol. The monoisotopic (exact) mass is 256 g/mol. The number of nitrogens with two attached hydrogens (primary N) is 1. The number of carbonyl (C=O) groups is 1. The second-order valence-corrected chi connectivity index (χ2v) is 6.45. The Morgan fingerprint density at radius 3 is 2.24 bits per heavy atom. The summed E-state index contributed by atoms with van der Waals surface area (Å²) in [4.78, 5) is 14.7. The van der Waals surface area contributed by atoms with Gasteiger partial charge >= 0.3 is 0 Å². The number of amides is 1. The second kappa shape index (κ2) is 4.92. The van der Waals surface area contributed by atoms with Gasteiger partial charge in [0, 0.05) is 13.1 Å². The van der Waals surface area contributed by atoms with Gasteiger partial charge in [0.1, 0.15) is 0 Å². The predicted octanol–water partition coefficient (Wildman–Crippen LogP) is 2.34. The van der Waals surface area contributed by atoms with Gasteiger partial charge in [0.25, 0.3) is 0 Å². The summed E-state index contributed by atoms with van der Waals surface area (Å²) in [6, 6.07) is 0. The standard InChI is InChI=1S/C13H24N2OS/c1-5-13(4,10(14)17)11(16)15-8-6-12(2,3)7-9-15/h5-9H2,1-4H3,(H2,14,17). The molecule has 1 atom stereocenters. The molecule has 3 nitrogen and oxygen atoms in total. The molecular weight excluding hydrogens is 232 g/mol. The minimum atomic E-state index is -0.670. The minimum Gasteiger partial charge on any atom is -0.392 e. The number of carbonyl (C=O) groups excluding carboxylic acids is 1. The first kappa shape index (κ1) is 14.4. The third-order valence-corrected chi connectivity index (χ3v) is 4.58. The fourth-order valence-electron chi connectivity index (χ4n) is 2.09. The van der Waals surface area contributed by atoms with Gasteiger partial charge in [-0.2, -0.15) is 0 Å². The van der Waals surface area contributed by atoms with Gasteiger partial charge in [0.05, 0.1) is 10.4 Å². The van der Waals surface area contributed by atoms with Crippen molar-refractivity contribution in [3.05, 3.63) is 0 Å². The van der Waals surface area contributed by atoms with Crippen molar-refractivity contribution >= 4 is 23.1 Å². The quantitative estimate of drug-likeness (QED) is 0.788. The number of thiocarbonyl (C=S) groups is 1.